The van der Waals surface area contributed by atoms with Crippen LogP contribution in [0.25, 0.3) is 33.3 Å². The molecule has 1 N–H and O–H groups in total. The first-order chi connectivity index (χ1) is 9.29. The van der Waals surface area contributed by atoms with Gasteiger partial charge in [0.1, 0.15) is 5.75 Å². The van der Waals surface area contributed by atoms with Crippen LogP contribution in [0.4, 0.5) is 0 Å². The molecule has 1 aliphatic carbocycles. The second kappa shape index (κ2) is 3.37. The number of hydrogen-bond donors (Lipinski definition) is 1. The molecule has 0 saturated heterocycles. The van der Waals surface area contributed by atoms with Crippen LogP contribution < -0.4 is 0 Å². The number of aromatic hydroxyl groups is 1. The number of benzene rings is 2. The number of phenols is 1. The number of terminal acetylenes is 1. The minimum absolute atomic E-state index is 0.240. The molecule has 2 nitrogen and oxygen atoms in total. The summed E-state index contributed by atoms with van der Waals surface area (Å²) in [5.74, 6) is 2.90. The van der Waals surface area contributed by atoms with E-state index < -0.39 is 0 Å². The fraction of sp³-hybridized carbons (Fsp3) is 0. The van der Waals surface area contributed by atoms with Crippen LogP contribution in [0.5, 0.6) is 5.75 Å². The third-order valence-corrected chi connectivity index (χ3v) is 3.57. The molecule has 0 spiro atoms. The van der Waals surface area contributed by atoms with Crippen LogP contribution in [0, 0.1) is 12.3 Å². The van der Waals surface area contributed by atoms with E-state index in [1.165, 1.54) is 0 Å². The highest BCUT2D eigenvalue weighted by atomic mass is 16.3. The van der Waals surface area contributed by atoms with Crippen LogP contribution in [0.1, 0.15) is 5.56 Å². The van der Waals surface area contributed by atoms with Gasteiger partial charge in [-0.2, -0.15) is 0 Å². The van der Waals surface area contributed by atoms with Gasteiger partial charge < -0.3 is 5.11 Å². The van der Waals surface area contributed by atoms with Crippen molar-refractivity contribution >= 4 is 10.9 Å². The van der Waals surface area contributed by atoms with Crippen molar-refractivity contribution in [3.05, 3.63) is 48.0 Å². The standard InChI is InChI=1S/C17H9NO/c1-2-10-7-8-14(19)16-15(10)12-9-11-5-3-4-6-13(11)18-17(12)16/h1,3-9,19H. The lowest BCUT2D eigenvalue weighted by atomic mass is 9.80. The van der Waals surface area contributed by atoms with E-state index in [1.807, 2.05) is 24.3 Å². The van der Waals surface area contributed by atoms with Gasteiger partial charge in [0.2, 0.25) is 0 Å². The smallest absolute Gasteiger partial charge is 0.125 e. The molecule has 88 valence electrons. The predicted octanol–water partition coefficient (Wildman–Crippen LogP) is 3.57. The van der Waals surface area contributed by atoms with E-state index in [0.717, 1.165) is 38.9 Å². The number of phenolic OH excluding ortho intramolecular Hbond substituents is 1. The molecule has 2 aromatic carbocycles. The summed E-state index contributed by atoms with van der Waals surface area (Å²) in [5.41, 5.74) is 5.31. The van der Waals surface area contributed by atoms with Gasteiger partial charge in [-0.25, -0.2) is 4.98 Å². The van der Waals surface area contributed by atoms with E-state index in [9.17, 15) is 5.11 Å². The molecule has 4 rings (SSSR count). The van der Waals surface area contributed by atoms with E-state index in [1.54, 1.807) is 12.1 Å². The van der Waals surface area contributed by atoms with Gasteiger partial charge in [-0.3, -0.25) is 0 Å². The number of rotatable bonds is 0. The highest BCUT2D eigenvalue weighted by Gasteiger charge is 2.30. The Morgan fingerprint density at radius 3 is 2.74 bits per heavy atom. The minimum atomic E-state index is 0.240. The van der Waals surface area contributed by atoms with Crippen molar-refractivity contribution in [2.24, 2.45) is 0 Å². The van der Waals surface area contributed by atoms with Gasteiger partial charge in [-0.1, -0.05) is 24.1 Å². The van der Waals surface area contributed by atoms with E-state index in [-0.39, 0.29) is 5.75 Å². The molecule has 1 heterocycles. The maximum Gasteiger partial charge on any atom is 0.125 e. The minimum Gasteiger partial charge on any atom is -0.507 e. The van der Waals surface area contributed by atoms with Crippen molar-refractivity contribution in [2.75, 3.05) is 0 Å². The zero-order valence-electron chi connectivity index (χ0n) is 10.0. The van der Waals surface area contributed by atoms with E-state index >= 15 is 0 Å². The Morgan fingerprint density at radius 1 is 1.05 bits per heavy atom. The van der Waals surface area contributed by atoms with Gasteiger partial charge in [0.25, 0.3) is 0 Å². The van der Waals surface area contributed by atoms with Crippen LogP contribution in [-0.4, -0.2) is 10.1 Å². The lowest BCUT2D eigenvalue weighted by Gasteiger charge is -2.25. The van der Waals surface area contributed by atoms with E-state index in [0.29, 0.717) is 0 Å². The van der Waals surface area contributed by atoms with Gasteiger partial charge in [-0.15, -0.1) is 6.42 Å². The quantitative estimate of drug-likeness (QED) is 0.479. The lowest BCUT2D eigenvalue weighted by molar-refractivity contribution is 0.477. The molecule has 1 aromatic heterocycles. The highest BCUT2D eigenvalue weighted by Crippen LogP contribution is 2.52. The molecule has 0 radical (unpaired) electrons. The molecular formula is C17H9NO. The number of fused-ring (bicyclic) bond motifs is 5. The van der Waals surface area contributed by atoms with Gasteiger partial charge in [0, 0.05) is 22.1 Å². The normalized spacial score (nSPS) is 11.3. The summed E-state index contributed by atoms with van der Waals surface area (Å²) < 4.78 is 0. The maximum atomic E-state index is 9.98. The zero-order chi connectivity index (χ0) is 13.0. The van der Waals surface area contributed by atoms with Gasteiger partial charge in [0.15, 0.2) is 0 Å². The summed E-state index contributed by atoms with van der Waals surface area (Å²) in [4.78, 5) is 4.61. The highest BCUT2D eigenvalue weighted by molar-refractivity contribution is 6.08. The topological polar surface area (TPSA) is 33.1 Å². The van der Waals surface area contributed by atoms with E-state index in [2.05, 4.69) is 17.0 Å². The molecule has 0 atom stereocenters. The molecule has 0 aliphatic heterocycles. The molecular weight excluding hydrogens is 234 g/mol. The predicted molar refractivity (Wildman–Crippen MR) is 75.8 cm³/mol. The van der Waals surface area contributed by atoms with Crippen LogP contribution in [-0.2, 0) is 0 Å². The van der Waals surface area contributed by atoms with Crippen LogP contribution in [0.2, 0.25) is 0 Å². The summed E-state index contributed by atoms with van der Waals surface area (Å²) in [6.45, 7) is 0. The molecule has 1 aliphatic rings. The number of aromatic nitrogens is 1. The maximum absolute atomic E-state index is 9.98. The van der Waals surface area contributed by atoms with Crippen molar-refractivity contribution in [1.82, 2.24) is 4.98 Å². The molecule has 2 heteroatoms. The van der Waals surface area contributed by atoms with Gasteiger partial charge in [-0.05, 0) is 24.3 Å². The molecule has 0 unspecified atom stereocenters. The Labute approximate surface area is 110 Å². The number of para-hydroxylation sites is 1. The van der Waals surface area contributed by atoms with Crippen LogP contribution >= 0.6 is 0 Å². The van der Waals surface area contributed by atoms with Crippen LogP contribution in [0.3, 0.4) is 0 Å². The number of pyridine rings is 1. The second-order valence-electron chi connectivity index (χ2n) is 4.60. The average Bonchev–Trinajstić information content (AvgIpc) is 2.44. The third-order valence-electron chi connectivity index (χ3n) is 3.57. The largest absolute Gasteiger partial charge is 0.507 e. The summed E-state index contributed by atoms with van der Waals surface area (Å²) in [6, 6.07) is 13.4. The molecule has 0 fully saturated rings. The first-order valence-corrected chi connectivity index (χ1v) is 6.02. The summed E-state index contributed by atoms with van der Waals surface area (Å²) in [7, 11) is 0. The average molecular weight is 243 g/mol. The van der Waals surface area contributed by atoms with Gasteiger partial charge in [0.05, 0.1) is 16.8 Å². The van der Waals surface area contributed by atoms with Crippen molar-refractivity contribution in [2.45, 2.75) is 0 Å². The lowest BCUT2D eigenvalue weighted by Crippen LogP contribution is -2.04. The Hall–Kier alpha value is -2.79. The Morgan fingerprint density at radius 2 is 1.89 bits per heavy atom. The Balaban J connectivity index is 2.10. The Bertz CT molecular complexity index is 888. The SMILES string of the molecule is C#Cc1ccc(O)c2c1-c1cc3ccccc3nc1-2. The summed E-state index contributed by atoms with van der Waals surface area (Å²) in [6.07, 6.45) is 5.52. The molecule has 0 saturated carbocycles. The van der Waals surface area contributed by atoms with Crippen molar-refractivity contribution in [1.29, 1.82) is 0 Å². The van der Waals surface area contributed by atoms with Gasteiger partial charge >= 0.3 is 0 Å². The van der Waals surface area contributed by atoms with Crippen molar-refractivity contribution in [3.63, 3.8) is 0 Å². The molecule has 0 amide bonds. The monoisotopic (exact) mass is 243 g/mol. The fourth-order valence-electron chi connectivity index (χ4n) is 2.67. The molecule has 0 bridgehead atoms. The first-order valence-electron chi connectivity index (χ1n) is 6.02. The number of nitrogens with zero attached hydrogens (tertiary/aromatic N) is 1. The molecule has 3 aromatic rings. The summed E-state index contributed by atoms with van der Waals surface area (Å²) >= 11 is 0. The van der Waals surface area contributed by atoms with E-state index in [4.69, 9.17) is 6.42 Å². The molecule has 19 heavy (non-hydrogen) atoms. The fourth-order valence-corrected chi connectivity index (χ4v) is 2.67. The Kier molecular flexibility index (Phi) is 1.80. The third kappa shape index (κ3) is 1.19. The van der Waals surface area contributed by atoms with Crippen molar-refractivity contribution in [3.8, 4) is 40.5 Å². The van der Waals surface area contributed by atoms with Crippen molar-refractivity contribution < 1.29 is 5.11 Å². The first kappa shape index (κ1) is 10.2. The zero-order valence-corrected chi connectivity index (χ0v) is 10.0. The second-order valence-corrected chi connectivity index (χ2v) is 4.60. The number of hydrogen-bond acceptors (Lipinski definition) is 2. The summed E-state index contributed by atoms with van der Waals surface area (Å²) in [5, 5.41) is 11.1. The van der Waals surface area contributed by atoms with Crippen LogP contribution in [0.15, 0.2) is 42.5 Å².